The number of hydrogen-bond donors (Lipinski definition) is 1. The summed E-state index contributed by atoms with van der Waals surface area (Å²) in [4.78, 5) is 12.8. The molecule has 3 rings (SSSR count). The molecule has 1 amide bonds. The highest BCUT2D eigenvalue weighted by Gasteiger charge is 2.30. The number of halogens is 2. The fraction of sp³-hybridized carbons (Fsp3) is 0.174. The molecule has 10 heteroatoms. The highest BCUT2D eigenvalue weighted by Crippen LogP contribution is 2.33. The molecule has 0 aromatic heterocycles. The molecule has 0 heterocycles. The zero-order valence-corrected chi connectivity index (χ0v) is 20.5. The van der Waals surface area contributed by atoms with Crippen molar-refractivity contribution < 1.29 is 22.7 Å². The number of carbonyl (C=O) groups excluding carboxylic acids is 1. The standard InChI is InChI=1S/C23H22Cl2N2O5S/c1-15-4-9-21(32-3)22(10-15)33(29,30)27(19-12-16(24)11-17(25)13-19)14-23(28)26-18-5-7-20(31-2)8-6-18/h4-13H,14H2,1-3H3,(H,26,28). The fourth-order valence-electron chi connectivity index (χ4n) is 3.11. The molecule has 0 unspecified atom stereocenters. The number of rotatable bonds is 8. The summed E-state index contributed by atoms with van der Waals surface area (Å²) in [7, 11) is -1.33. The second kappa shape index (κ2) is 10.3. The van der Waals surface area contributed by atoms with Crippen molar-refractivity contribution >= 4 is 50.5 Å². The van der Waals surface area contributed by atoms with Crippen LogP contribution >= 0.6 is 23.2 Å². The van der Waals surface area contributed by atoms with Crippen molar-refractivity contribution in [2.75, 3.05) is 30.4 Å². The van der Waals surface area contributed by atoms with Gasteiger partial charge < -0.3 is 14.8 Å². The van der Waals surface area contributed by atoms with E-state index in [9.17, 15) is 13.2 Å². The molecule has 33 heavy (non-hydrogen) atoms. The zero-order valence-electron chi connectivity index (χ0n) is 18.1. The molecule has 0 aliphatic heterocycles. The maximum atomic E-state index is 13.7. The minimum atomic E-state index is -4.24. The molecule has 0 saturated heterocycles. The van der Waals surface area contributed by atoms with Crippen molar-refractivity contribution in [3.05, 3.63) is 76.3 Å². The van der Waals surface area contributed by atoms with E-state index >= 15 is 0 Å². The second-order valence-corrected chi connectivity index (χ2v) is 9.77. The van der Waals surface area contributed by atoms with Crippen LogP contribution in [0.2, 0.25) is 10.0 Å². The van der Waals surface area contributed by atoms with E-state index in [2.05, 4.69) is 5.32 Å². The molecule has 0 bridgehead atoms. The number of anilines is 2. The summed E-state index contributed by atoms with van der Waals surface area (Å²) in [5, 5.41) is 3.14. The Bertz CT molecular complexity index is 1240. The maximum absolute atomic E-state index is 13.7. The molecule has 3 aromatic carbocycles. The summed E-state index contributed by atoms with van der Waals surface area (Å²) in [6, 6.07) is 15.7. The van der Waals surface area contributed by atoms with Crippen LogP contribution in [0.25, 0.3) is 0 Å². The van der Waals surface area contributed by atoms with Crippen molar-refractivity contribution in [1.82, 2.24) is 0 Å². The zero-order chi connectivity index (χ0) is 24.2. The molecule has 7 nitrogen and oxygen atoms in total. The molecule has 0 aliphatic carbocycles. The van der Waals surface area contributed by atoms with Crippen LogP contribution in [0.5, 0.6) is 11.5 Å². The van der Waals surface area contributed by atoms with Gasteiger partial charge in [0.05, 0.1) is 19.9 Å². The lowest BCUT2D eigenvalue weighted by Crippen LogP contribution is -2.38. The van der Waals surface area contributed by atoms with E-state index in [1.54, 1.807) is 43.3 Å². The number of methoxy groups -OCH3 is 2. The van der Waals surface area contributed by atoms with E-state index in [1.165, 1.54) is 38.5 Å². The first-order valence-electron chi connectivity index (χ1n) is 9.71. The Labute approximate surface area is 202 Å². The van der Waals surface area contributed by atoms with Gasteiger partial charge in [-0.25, -0.2) is 8.42 Å². The fourth-order valence-corrected chi connectivity index (χ4v) is 5.27. The van der Waals surface area contributed by atoms with Gasteiger partial charge in [0.25, 0.3) is 10.0 Å². The van der Waals surface area contributed by atoms with Crippen LogP contribution in [0, 0.1) is 6.92 Å². The van der Waals surface area contributed by atoms with Crippen molar-refractivity contribution in [2.24, 2.45) is 0 Å². The number of benzene rings is 3. The number of ether oxygens (including phenoxy) is 2. The minimum Gasteiger partial charge on any atom is -0.497 e. The average molecular weight is 509 g/mol. The van der Waals surface area contributed by atoms with Crippen LogP contribution in [-0.2, 0) is 14.8 Å². The quantitative estimate of drug-likeness (QED) is 0.454. The molecule has 0 saturated carbocycles. The lowest BCUT2D eigenvalue weighted by atomic mass is 10.2. The molecular weight excluding hydrogens is 487 g/mol. The smallest absolute Gasteiger partial charge is 0.268 e. The Morgan fingerprint density at radius 3 is 2.15 bits per heavy atom. The van der Waals surface area contributed by atoms with E-state index in [0.29, 0.717) is 17.0 Å². The van der Waals surface area contributed by atoms with Gasteiger partial charge in [-0.15, -0.1) is 0 Å². The highest BCUT2D eigenvalue weighted by molar-refractivity contribution is 7.93. The van der Waals surface area contributed by atoms with Crippen LogP contribution in [0.4, 0.5) is 11.4 Å². The van der Waals surface area contributed by atoms with Crippen molar-refractivity contribution in [2.45, 2.75) is 11.8 Å². The number of nitrogens with zero attached hydrogens (tertiary/aromatic N) is 1. The first kappa shape index (κ1) is 24.7. The largest absolute Gasteiger partial charge is 0.497 e. The molecule has 0 spiro atoms. The predicted molar refractivity (Wildman–Crippen MR) is 130 cm³/mol. The van der Waals surface area contributed by atoms with E-state index in [0.717, 1.165) is 4.31 Å². The number of hydrogen-bond acceptors (Lipinski definition) is 5. The number of sulfonamides is 1. The van der Waals surface area contributed by atoms with Crippen LogP contribution in [-0.4, -0.2) is 35.1 Å². The summed E-state index contributed by atoms with van der Waals surface area (Å²) in [6.07, 6.45) is 0. The molecule has 0 aliphatic rings. The Morgan fingerprint density at radius 2 is 1.58 bits per heavy atom. The minimum absolute atomic E-state index is 0.0849. The Kier molecular flexibility index (Phi) is 7.73. The van der Waals surface area contributed by atoms with Gasteiger partial charge in [0.15, 0.2) is 0 Å². The topological polar surface area (TPSA) is 84.9 Å². The van der Waals surface area contributed by atoms with Gasteiger partial charge in [-0.1, -0.05) is 29.3 Å². The highest BCUT2D eigenvalue weighted by atomic mass is 35.5. The normalized spacial score (nSPS) is 11.1. The average Bonchev–Trinajstić information content (AvgIpc) is 2.77. The predicted octanol–water partition coefficient (Wildman–Crippen LogP) is 5.15. The Hall–Kier alpha value is -2.94. The first-order valence-corrected chi connectivity index (χ1v) is 11.9. The van der Waals surface area contributed by atoms with E-state index < -0.39 is 22.5 Å². The Morgan fingerprint density at radius 1 is 0.939 bits per heavy atom. The lowest BCUT2D eigenvalue weighted by molar-refractivity contribution is -0.114. The summed E-state index contributed by atoms with van der Waals surface area (Å²) in [5.41, 5.74) is 1.33. The third-order valence-corrected chi connectivity index (χ3v) is 6.91. The van der Waals surface area contributed by atoms with Crippen LogP contribution in [0.3, 0.4) is 0 Å². The Balaban J connectivity index is 2.02. The van der Waals surface area contributed by atoms with Gasteiger partial charge in [0.2, 0.25) is 5.91 Å². The van der Waals surface area contributed by atoms with Gasteiger partial charge in [0, 0.05) is 15.7 Å². The summed E-state index contributed by atoms with van der Waals surface area (Å²) >= 11 is 12.3. The molecule has 174 valence electrons. The number of carbonyl (C=O) groups is 1. The van der Waals surface area contributed by atoms with Gasteiger partial charge >= 0.3 is 0 Å². The van der Waals surface area contributed by atoms with Gasteiger partial charge in [0.1, 0.15) is 22.9 Å². The number of nitrogens with one attached hydrogen (secondary N) is 1. The second-order valence-electron chi connectivity index (χ2n) is 7.07. The van der Waals surface area contributed by atoms with Gasteiger partial charge in [-0.05, 0) is 67.1 Å². The van der Waals surface area contributed by atoms with Crippen molar-refractivity contribution in [3.8, 4) is 11.5 Å². The van der Waals surface area contributed by atoms with Crippen molar-refractivity contribution in [3.63, 3.8) is 0 Å². The van der Waals surface area contributed by atoms with E-state index in [1.807, 2.05) is 0 Å². The molecule has 0 radical (unpaired) electrons. The third-order valence-electron chi connectivity index (χ3n) is 4.68. The van der Waals surface area contributed by atoms with Crippen LogP contribution < -0.4 is 19.1 Å². The van der Waals surface area contributed by atoms with Crippen LogP contribution in [0.1, 0.15) is 5.56 Å². The molecule has 0 atom stereocenters. The molecule has 3 aromatic rings. The SMILES string of the molecule is COc1ccc(NC(=O)CN(c2cc(Cl)cc(Cl)c2)S(=O)(=O)c2cc(C)ccc2OC)cc1. The monoisotopic (exact) mass is 508 g/mol. The maximum Gasteiger partial charge on any atom is 0.268 e. The summed E-state index contributed by atoms with van der Waals surface area (Å²) in [6.45, 7) is 1.23. The number of aryl methyl sites for hydroxylation is 1. The molecule has 1 N–H and O–H groups in total. The lowest BCUT2D eigenvalue weighted by Gasteiger charge is -2.25. The van der Waals surface area contributed by atoms with E-state index in [-0.39, 0.29) is 26.4 Å². The third kappa shape index (κ3) is 5.90. The molecule has 0 fully saturated rings. The number of amides is 1. The summed E-state index contributed by atoms with van der Waals surface area (Å²) in [5.74, 6) is 0.207. The summed E-state index contributed by atoms with van der Waals surface area (Å²) < 4.78 is 38.8. The van der Waals surface area contributed by atoms with E-state index in [4.69, 9.17) is 32.7 Å². The van der Waals surface area contributed by atoms with Crippen molar-refractivity contribution in [1.29, 1.82) is 0 Å². The molecular formula is C23H22Cl2N2O5S. The van der Waals surface area contributed by atoms with Gasteiger partial charge in [-0.2, -0.15) is 0 Å². The van der Waals surface area contributed by atoms with Gasteiger partial charge in [-0.3, -0.25) is 9.10 Å². The van der Waals surface area contributed by atoms with Crippen LogP contribution in [0.15, 0.2) is 65.6 Å². The first-order chi connectivity index (χ1) is 15.6.